The second-order valence-corrected chi connectivity index (χ2v) is 4.11. The average molecular weight is 243 g/mol. The van der Waals surface area contributed by atoms with Crippen LogP contribution in [0.5, 0.6) is 11.5 Å². The van der Waals surface area contributed by atoms with E-state index in [2.05, 4.69) is 0 Å². The first-order chi connectivity index (χ1) is 8.67. The van der Waals surface area contributed by atoms with Crippen molar-refractivity contribution in [1.29, 1.82) is 0 Å². The molecular formula is C15H17NO2. The number of benzene rings is 2. The topological polar surface area (TPSA) is 44.5 Å². The van der Waals surface area contributed by atoms with Crippen molar-refractivity contribution in [3.05, 3.63) is 42.0 Å². The normalized spacial score (nSPS) is 10.2. The summed E-state index contributed by atoms with van der Waals surface area (Å²) in [6, 6.07) is 11.8. The van der Waals surface area contributed by atoms with E-state index in [1.807, 2.05) is 43.3 Å². The summed E-state index contributed by atoms with van der Waals surface area (Å²) in [6.07, 6.45) is 0. The molecule has 3 nitrogen and oxygen atoms in total. The highest BCUT2D eigenvalue weighted by atomic mass is 16.5. The minimum atomic E-state index is 0.717. The summed E-state index contributed by atoms with van der Waals surface area (Å²) in [6.45, 7) is 1.99. The molecule has 0 aliphatic heterocycles. The molecule has 0 spiro atoms. The molecule has 0 saturated carbocycles. The van der Waals surface area contributed by atoms with E-state index in [1.165, 1.54) is 0 Å². The molecule has 0 bridgehead atoms. The van der Waals surface area contributed by atoms with Crippen LogP contribution >= 0.6 is 0 Å². The van der Waals surface area contributed by atoms with Gasteiger partial charge >= 0.3 is 0 Å². The molecule has 0 saturated heterocycles. The van der Waals surface area contributed by atoms with Gasteiger partial charge in [-0.05, 0) is 30.2 Å². The van der Waals surface area contributed by atoms with Gasteiger partial charge in [-0.3, -0.25) is 0 Å². The lowest BCUT2D eigenvalue weighted by atomic mass is 10.0. The van der Waals surface area contributed by atoms with Crippen LogP contribution in [0.2, 0.25) is 0 Å². The average Bonchev–Trinajstić information content (AvgIpc) is 2.40. The fourth-order valence-electron chi connectivity index (χ4n) is 1.92. The van der Waals surface area contributed by atoms with Gasteiger partial charge in [-0.15, -0.1) is 0 Å². The van der Waals surface area contributed by atoms with E-state index >= 15 is 0 Å². The third kappa shape index (κ3) is 2.12. The molecule has 0 aromatic heterocycles. The van der Waals surface area contributed by atoms with E-state index in [4.69, 9.17) is 15.2 Å². The number of aryl methyl sites for hydroxylation is 1. The van der Waals surface area contributed by atoms with Gasteiger partial charge in [0, 0.05) is 11.3 Å². The van der Waals surface area contributed by atoms with Crippen molar-refractivity contribution in [2.24, 2.45) is 0 Å². The predicted octanol–water partition coefficient (Wildman–Crippen LogP) is 3.26. The summed E-state index contributed by atoms with van der Waals surface area (Å²) >= 11 is 0. The minimum Gasteiger partial charge on any atom is -0.493 e. The quantitative estimate of drug-likeness (QED) is 0.841. The van der Waals surface area contributed by atoms with E-state index < -0.39 is 0 Å². The monoisotopic (exact) mass is 243 g/mol. The molecule has 0 fully saturated rings. The van der Waals surface area contributed by atoms with Crippen molar-refractivity contribution < 1.29 is 9.47 Å². The van der Waals surface area contributed by atoms with Gasteiger partial charge < -0.3 is 15.2 Å². The molecule has 94 valence electrons. The number of hydrogen-bond acceptors (Lipinski definition) is 3. The zero-order valence-corrected chi connectivity index (χ0v) is 10.9. The zero-order valence-electron chi connectivity index (χ0n) is 10.9. The van der Waals surface area contributed by atoms with Gasteiger partial charge in [-0.25, -0.2) is 0 Å². The van der Waals surface area contributed by atoms with E-state index in [0.29, 0.717) is 5.75 Å². The highest BCUT2D eigenvalue weighted by Gasteiger charge is 2.11. The third-order valence-corrected chi connectivity index (χ3v) is 2.99. The van der Waals surface area contributed by atoms with Crippen LogP contribution in [0.3, 0.4) is 0 Å². The highest BCUT2D eigenvalue weighted by Crippen LogP contribution is 2.38. The van der Waals surface area contributed by atoms with Crippen molar-refractivity contribution >= 4 is 5.69 Å². The Hall–Kier alpha value is -2.16. The van der Waals surface area contributed by atoms with Gasteiger partial charge in [0.1, 0.15) is 0 Å². The molecule has 2 aromatic carbocycles. The maximum atomic E-state index is 5.95. The van der Waals surface area contributed by atoms with Crippen LogP contribution < -0.4 is 15.2 Å². The van der Waals surface area contributed by atoms with Gasteiger partial charge in [0.05, 0.1) is 14.2 Å². The van der Waals surface area contributed by atoms with Crippen LogP contribution in [0.15, 0.2) is 36.4 Å². The lowest BCUT2D eigenvalue weighted by Gasteiger charge is -2.13. The molecule has 3 heteroatoms. The molecule has 2 aromatic rings. The lowest BCUT2D eigenvalue weighted by Crippen LogP contribution is -1.94. The minimum absolute atomic E-state index is 0.717. The van der Waals surface area contributed by atoms with E-state index in [1.54, 1.807) is 14.2 Å². The SMILES string of the molecule is COc1cccc(-c2ccc(C)c(N)c2)c1OC. The zero-order chi connectivity index (χ0) is 13.1. The molecule has 18 heavy (non-hydrogen) atoms. The Morgan fingerprint density at radius 3 is 2.39 bits per heavy atom. The molecule has 0 amide bonds. The first-order valence-electron chi connectivity index (χ1n) is 5.75. The van der Waals surface area contributed by atoms with Gasteiger partial charge in [0.15, 0.2) is 11.5 Å². The van der Waals surface area contributed by atoms with Crippen LogP contribution in [0.1, 0.15) is 5.56 Å². The standard InChI is InChI=1S/C15H17NO2/c1-10-7-8-11(9-13(10)16)12-5-4-6-14(17-2)15(12)18-3/h4-9H,16H2,1-3H3. The number of hydrogen-bond donors (Lipinski definition) is 1. The number of ether oxygens (including phenoxy) is 2. The smallest absolute Gasteiger partial charge is 0.168 e. The number of para-hydroxylation sites is 1. The Balaban J connectivity index is 2.59. The van der Waals surface area contributed by atoms with E-state index in [-0.39, 0.29) is 0 Å². The van der Waals surface area contributed by atoms with Crippen LogP contribution in [0, 0.1) is 6.92 Å². The summed E-state index contributed by atoms with van der Waals surface area (Å²) in [4.78, 5) is 0. The molecule has 0 unspecified atom stereocenters. The van der Waals surface area contributed by atoms with Crippen molar-refractivity contribution in [2.75, 3.05) is 20.0 Å². The van der Waals surface area contributed by atoms with Crippen LogP contribution in [-0.4, -0.2) is 14.2 Å². The molecule has 0 aliphatic rings. The maximum Gasteiger partial charge on any atom is 0.168 e. The Kier molecular flexibility index (Phi) is 3.42. The van der Waals surface area contributed by atoms with Crippen molar-refractivity contribution in [3.63, 3.8) is 0 Å². The molecule has 0 atom stereocenters. The molecule has 2 N–H and O–H groups in total. The lowest BCUT2D eigenvalue weighted by molar-refractivity contribution is 0.356. The number of anilines is 1. The first kappa shape index (κ1) is 12.3. The van der Waals surface area contributed by atoms with E-state index in [9.17, 15) is 0 Å². The van der Waals surface area contributed by atoms with Gasteiger partial charge in [-0.1, -0.05) is 24.3 Å². The molecule has 0 radical (unpaired) electrons. The highest BCUT2D eigenvalue weighted by molar-refractivity contribution is 5.76. The summed E-state index contributed by atoms with van der Waals surface area (Å²) in [5.74, 6) is 1.44. The fourth-order valence-corrected chi connectivity index (χ4v) is 1.92. The maximum absolute atomic E-state index is 5.95. The summed E-state index contributed by atoms with van der Waals surface area (Å²) in [5, 5.41) is 0. The van der Waals surface area contributed by atoms with E-state index in [0.717, 1.165) is 28.1 Å². The molecule has 0 aliphatic carbocycles. The number of rotatable bonds is 3. The number of nitrogens with two attached hydrogens (primary N) is 1. The van der Waals surface area contributed by atoms with Crippen molar-refractivity contribution in [1.82, 2.24) is 0 Å². The summed E-state index contributed by atoms with van der Waals surface area (Å²) < 4.78 is 10.7. The first-order valence-corrected chi connectivity index (χ1v) is 5.75. The third-order valence-electron chi connectivity index (χ3n) is 2.99. The Morgan fingerprint density at radius 1 is 1.00 bits per heavy atom. The number of nitrogen functional groups attached to an aromatic ring is 1. The summed E-state index contributed by atoms with van der Waals surface area (Å²) in [7, 11) is 3.27. The van der Waals surface area contributed by atoms with Gasteiger partial charge in [0.2, 0.25) is 0 Å². The predicted molar refractivity (Wildman–Crippen MR) is 74.1 cm³/mol. The van der Waals surface area contributed by atoms with Gasteiger partial charge in [0.25, 0.3) is 0 Å². The van der Waals surface area contributed by atoms with Crippen LogP contribution in [0.4, 0.5) is 5.69 Å². The van der Waals surface area contributed by atoms with Gasteiger partial charge in [-0.2, -0.15) is 0 Å². The second-order valence-electron chi connectivity index (χ2n) is 4.11. The summed E-state index contributed by atoms with van der Waals surface area (Å²) in [5.41, 5.74) is 9.79. The van der Waals surface area contributed by atoms with Crippen molar-refractivity contribution in [3.8, 4) is 22.6 Å². The largest absolute Gasteiger partial charge is 0.493 e. The molecular weight excluding hydrogens is 226 g/mol. The van der Waals surface area contributed by atoms with Crippen LogP contribution in [0.25, 0.3) is 11.1 Å². The second kappa shape index (κ2) is 5.00. The number of methoxy groups -OCH3 is 2. The van der Waals surface area contributed by atoms with Crippen molar-refractivity contribution in [2.45, 2.75) is 6.92 Å². The Labute approximate surface area is 107 Å². The Bertz CT molecular complexity index is 564. The molecule has 0 heterocycles. The Morgan fingerprint density at radius 2 is 1.78 bits per heavy atom. The molecule has 2 rings (SSSR count). The van der Waals surface area contributed by atoms with Crippen LogP contribution in [-0.2, 0) is 0 Å². The fraction of sp³-hybridized carbons (Fsp3) is 0.200.